The van der Waals surface area contributed by atoms with E-state index in [1.54, 1.807) is 0 Å². The largest absolute Gasteiger partial charge is 0.387 e. The summed E-state index contributed by atoms with van der Waals surface area (Å²) in [5.74, 6) is 0.341. The molecular weight excluding hydrogens is 174 g/mol. The van der Waals surface area contributed by atoms with Crippen molar-refractivity contribution in [2.75, 3.05) is 19.6 Å². The Morgan fingerprint density at radius 3 is 2.58 bits per heavy atom. The zero-order chi connectivity index (χ0) is 9.19. The molecule has 3 heteroatoms. The van der Waals surface area contributed by atoms with Crippen LogP contribution in [0.25, 0.3) is 0 Å². The lowest BCUT2D eigenvalue weighted by Gasteiger charge is -2.48. The molecule has 1 fully saturated rings. The van der Waals surface area contributed by atoms with Crippen LogP contribution in [0, 0.1) is 5.92 Å². The molecule has 0 atom stereocenters. The first-order valence-electron chi connectivity index (χ1n) is 4.28. The topological polar surface area (TPSA) is 23.5 Å². The third-order valence-electron chi connectivity index (χ3n) is 2.52. The third kappa shape index (κ3) is 2.00. The first kappa shape index (κ1) is 10.0. The van der Waals surface area contributed by atoms with Crippen LogP contribution in [0.15, 0.2) is 11.6 Å². The van der Waals surface area contributed by atoms with Gasteiger partial charge in [0.25, 0.3) is 0 Å². The van der Waals surface area contributed by atoms with Gasteiger partial charge in [-0.25, -0.2) is 0 Å². The lowest BCUT2D eigenvalue weighted by atomic mass is 9.83. The van der Waals surface area contributed by atoms with Gasteiger partial charge in [-0.2, -0.15) is 0 Å². The van der Waals surface area contributed by atoms with Crippen molar-refractivity contribution in [3.63, 3.8) is 0 Å². The molecule has 0 radical (unpaired) electrons. The summed E-state index contributed by atoms with van der Waals surface area (Å²) in [7, 11) is 0. The van der Waals surface area contributed by atoms with E-state index < -0.39 is 5.60 Å². The van der Waals surface area contributed by atoms with Crippen molar-refractivity contribution < 1.29 is 5.11 Å². The molecule has 12 heavy (non-hydrogen) atoms. The van der Waals surface area contributed by atoms with Gasteiger partial charge in [0.15, 0.2) is 0 Å². The highest BCUT2D eigenvalue weighted by Gasteiger charge is 2.42. The number of β-amino-alcohol motifs (C(OH)–C–C–N with tert-alkyl or cyclic N) is 1. The van der Waals surface area contributed by atoms with Gasteiger partial charge in [-0.05, 0) is 5.92 Å². The second-order valence-electron chi connectivity index (χ2n) is 3.79. The maximum atomic E-state index is 9.86. The van der Waals surface area contributed by atoms with Crippen LogP contribution in [0.4, 0.5) is 0 Å². The van der Waals surface area contributed by atoms with Crippen LogP contribution in [0.1, 0.15) is 13.8 Å². The molecule has 0 aromatic carbocycles. The van der Waals surface area contributed by atoms with E-state index in [1.807, 2.05) is 6.08 Å². The normalized spacial score (nSPS) is 23.4. The van der Waals surface area contributed by atoms with Crippen LogP contribution < -0.4 is 0 Å². The summed E-state index contributed by atoms with van der Waals surface area (Å²) < 4.78 is 0. The molecule has 0 aliphatic carbocycles. The van der Waals surface area contributed by atoms with E-state index >= 15 is 0 Å². The van der Waals surface area contributed by atoms with E-state index in [-0.39, 0.29) is 0 Å². The van der Waals surface area contributed by atoms with Gasteiger partial charge in [-0.1, -0.05) is 31.5 Å². The standard InChI is InChI=1S/C9H16ClNO/c1-8(2)9(12)6-11(7-9)5-3-4-10/h3-4,8,12H,5-7H2,1-2H3. The smallest absolute Gasteiger partial charge is 0.0923 e. The van der Waals surface area contributed by atoms with Crippen LogP contribution in [0.3, 0.4) is 0 Å². The lowest BCUT2D eigenvalue weighted by Crippen LogP contribution is -2.64. The molecule has 0 aromatic heterocycles. The summed E-state index contributed by atoms with van der Waals surface area (Å²) in [6.45, 7) is 6.49. The predicted molar refractivity (Wildman–Crippen MR) is 51.2 cm³/mol. The Hall–Kier alpha value is -0.0500. The van der Waals surface area contributed by atoms with Gasteiger partial charge >= 0.3 is 0 Å². The summed E-state index contributed by atoms with van der Waals surface area (Å²) in [4.78, 5) is 2.17. The second kappa shape index (κ2) is 3.77. The quantitative estimate of drug-likeness (QED) is 0.727. The van der Waals surface area contributed by atoms with E-state index in [4.69, 9.17) is 11.6 Å². The second-order valence-corrected chi connectivity index (χ2v) is 4.04. The number of halogens is 1. The molecule has 1 rings (SSSR count). The molecule has 1 N–H and O–H groups in total. The maximum Gasteiger partial charge on any atom is 0.0923 e. The van der Waals surface area contributed by atoms with Crippen molar-refractivity contribution in [2.45, 2.75) is 19.4 Å². The Bertz CT molecular complexity index is 173. The monoisotopic (exact) mass is 189 g/mol. The first-order chi connectivity index (χ1) is 5.58. The number of hydrogen-bond donors (Lipinski definition) is 1. The van der Waals surface area contributed by atoms with Crippen LogP contribution in [-0.4, -0.2) is 35.2 Å². The van der Waals surface area contributed by atoms with E-state index in [9.17, 15) is 5.11 Å². The highest BCUT2D eigenvalue weighted by atomic mass is 35.5. The fourth-order valence-corrected chi connectivity index (χ4v) is 1.49. The number of nitrogens with zero attached hydrogens (tertiary/aromatic N) is 1. The van der Waals surface area contributed by atoms with E-state index in [0.29, 0.717) is 5.92 Å². The SMILES string of the molecule is CC(C)C1(O)CN(CC=CCl)C1. The highest BCUT2D eigenvalue weighted by molar-refractivity contribution is 6.25. The number of hydrogen-bond acceptors (Lipinski definition) is 2. The molecule has 1 heterocycles. The van der Waals surface area contributed by atoms with Gasteiger partial charge in [-0.15, -0.1) is 0 Å². The Labute approximate surface area is 78.8 Å². The average Bonchev–Trinajstić information content (AvgIpc) is 1.95. The Morgan fingerprint density at radius 2 is 2.17 bits per heavy atom. The number of likely N-dealkylation sites (tertiary alicyclic amines) is 1. The van der Waals surface area contributed by atoms with E-state index in [2.05, 4.69) is 18.7 Å². The number of aliphatic hydroxyl groups is 1. The number of rotatable bonds is 3. The van der Waals surface area contributed by atoms with Crippen molar-refractivity contribution in [2.24, 2.45) is 5.92 Å². The molecule has 1 aliphatic heterocycles. The minimum atomic E-state index is -0.458. The van der Waals surface area contributed by atoms with Crippen molar-refractivity contribution >= 4 is 11.6 Å². The fraction of sp³-hybridized carbons (Fsp3) is 0.778. The predicted octanol–water partition coefficient (Wildman–Crippen LogP) is 1.44. The minimum absolute atomic E-state index is 0.341. The summed E-state index contributed by atoms with van der Waals surface area (Å²) in [6.07, 6.45) is 1.89. The van der Waals surface area contributed by atoms with E-state index in [0.717, 1.165) is 19.6 Å². The Kier molecular flexibility index (Phi) is 3.16. The lowest BCUT2D eigenvalue weighted by molar-refractivity contribution is -0.123. The summed E-state index contributed by atoms with van der Waals surface area (Å²) in [5.41, 5.74) is 1.06. The van der Waals surface area contributed by atoms with Crippen LogP contribution >= 0.6 is 11.6 Å². The van der Waals surface area contributed by atoms with Crippen molar-refractivity contribution in [3.05, 3.63) is 11.6 Å². The van der Waals surface area contributed by atoms with Crippen LogP contribution in [0.2, 0.25) is 0 Å². The Balaban J connectivity index is 2.27. The summed E-state index contributed by atoms with van der Waals surface area (Å²) >= 11 is 5.39. The van der Waals surface area contributed by atoms with E-state index in [1.165, 1.54) is 5.54 Å². The molecule has 70 valence electrons. The minimum Gasteiger partial charge on any atom is -0.387 e. The van der Waals surface area contributed by atoms with Gasteiger partial charge in [0, 0.05) is 25.2 Å². The maximum absolute atomic E-state index is 9.86. The molecule has 1 saturated heterocycles. The Morgan fingerprint density at radius 1 is 1.58 bits per heavy atom. The first-order valence-corrected chi connectivity index (χ1v) is 4.72. The van der Waals surface area contributed by atoms with Gasteiger partial charge in [-0.3, -0.25) is 4.90 Å². The zero-order valence-electron chi connectivity index (χ0n) is 7.63. The van der Waals surface area contributed by atoms with Crippen molar-refractivity contribution in [1.29, 1.82) is 0 Å². The fourth-order valence-electron chi connectivity index (χ4n) is 1.41. The molecule has 2 nitrogen and oxygen atoms in total. The van der Waals surface area contributed by atoms with Gasteiger partial charge in [0.2, 0.25) is 0 Å². The summed E-state index contributed by atoms with van der Waals surface area (Å²) in [6, 6.07) is 0. The zero-order valence-corrected chi connectivity index (χ0v) is 8.38. The highest BCUT2D eigenvalue weighted by Crippen LogP contribution is 2.27. The van der Waals surface area contributed by atoms with Gasteiger partial charge in [0.05, 0.1) is 5.60 Å². The van der Waals surface area contributed by atoms with Crippen LogP contribution in [-0.2, 0) is 0 Å². The average molecular weight is 190 g/mol. The van der Waals surface area contributed by atoms with Crippen LogP contribution in [0.5, 0.6) is 0 Å². The van der Waals surface area contributed by atoms with Gasteiger partial charge < -0.3 is 5.11 Å². The molecular formula is C9H16ClNO. The summed E-state index contributed by atoms with van der Waals surface area (Å²) in [5, 5.41) is 9.86. The molecule has 1 aliphatic rings. The third-order valence-corrected chi connectivity index (χ3v) is 2.70. The molecule has 0 amide bonds. The molecule has 0 saturated carbocycles. The van der Waals surface area contributed by atoms with Crippen molar-refractivity contribution in [3.8, 4) is 0 Å². The molecule has 0 bridgehead atoms. The van der Waals surface area contributed by atoms with Gasteiger partial charge in [0.1, 0.15) is 0 Å². The molecule has 0 spiro atoms. The molecule has 0 unspecified atom stereocenters. The van der Waals surface area contributed by atoms with Crippen molar-refractivity contribution in [1.82, 2.24) is 4.90 Å². The molecule has 0 aromatic rings.